The van der Waals surface area contributed by atoms with Crippen molar-refractivity contribution in [2.24, 2.45) is 5.41 Å². The van der Waals surface area contributed by atoms with Crippen LogP contribution in [0.25, 0.3) is 0 Å². The second kappa shape index (κ2) is 6.70. The number of hydrogen-bond acceptors (Lipinski definition) is 1. The lowest BCUT2D eigenvalue weighted by Crippen LogP contribution is -2.21. The second-order valence-electron chi connectivity index (χ2n) is 5.00. The van der Waals surface area contributed by atoms with Gasteiger partial charge >= 0.3 is 6.18 Å². The number of unbranched alkanes of at least 4 members (excludes halogenated alkanes) is 1. The van der Waals surface area contributed by atoms with Gasteiger partial charge in [-0.05, 0) is 24.7 Å². The van der Waals surface area contributed by atoms with Gasteiger partial charge in [-0.1, -0.05) is 20.8 Å². The van der Waals surface area contributed by atoms with Crippen LogP contribution in [0.2, 0.25) is 0 Å². The predicted molar refractivity (Wildman–Crippen MR) is 59.8 cm³/mol. The minimum atomic E-state index is -4.22. The first-order chi connectivity index (χ1) is 7.13. The normalized spacial score (nSPS) is 15.2. The van der Waals surface area contributed by atoms with Crippen LogP contribution >= 0.6 is 11.6 Å². The van der Waals surface area contributed by atoms with Gasteiger partial charge in [0.2, 0.25) is 0 Å². The maximum Gasteiger partial charge on any atom is 0.411 e. The van der Waals surface area contributed by atoms with Crippen molar-refractivity contribution in [3.63, 3.8) is 0 Å². The highest BCUT2D eigenvalue weighted by atomic mass is 35.5. The fourth-order valence-electron chi connectivity index (χ4n) is 1.15. The zero-order valence-corrected chi connectivity index (χ0v) is 10.8. The van der Waals surface area contributed by atoms with Gasteiger partial charge < -0.3 is 4.74 Å². The van der Waals surface area contributed by atoms with Crippen LogP contribution in [0.1, 0.15) is 40.0 Å². The Morgan fingerprint density at radius 3 is 2.12 bits per heavy atom. The van der Waals surface area contributed by atoms with Crippen molar-refractivity contribution in [1.29, 1.82) is 0 Å². The van der Waals surface area contributed by atoms with Crippen LogP contribution in [0.15, 0.2) is 0 Å². The Bertz CT molecular complexity index is 187. The fraction of sp³-hybridized carbons (Fsp3) is 1.00. The van der Waals surface area contributed by atoms with Crippen LogP contribution in [0.4, 0.5) is 13.2 Å². The Kier molecular flexibility index (Phi) is 6.71. The molecule has 5 heteroatoms. The number of hydrogen-bond donors (Lipinski definition) is 0. The van der Waals surface area contributed by atoms with Crippen LogP contribution in [-0.2, 0) is 4.74 Å². The van der Waals surface area contributed by atoms with Crippen LogP contribution < -0.4 is 0 Å². The molecule has 0 radical (unpaired) electrons. The summed E-state index contributed by atoms with van der Waals surface area (Å²) in [5.41, 5.74) is 0.0361. The highest BCUT2D eigenvalue weighted by Crippen LogP contribution is 2.28. The maximum atomic E-state index is 11.7. The zero-order valence-electron chi connectivity index (χ0n) is 10.0. The summed E-state index contributed by atoms with van der Waals surface area (Å²) in [6.45, 7) is 5.13. The number of alkyl halides is 4. The van der Waals surface area contributed by atoms with Gasteiger partial charge in [-0.15, -0.1) is 11.6 Å². The monoisotopic (exact) mass is 260 g/mol. The molecule has 98 valence electrons. The molecule has 0 aliphatic rings. The summed E-state index contributed by atoms with van der Waals surface area (Å²) in [4.78, 5) is 0. The molecule has 0 amide bonds. The van der Waals surface area contributed by atoms with E-state index in [-0.39, 0.29) is 17.4 Å². The van der Waals surface area contributed by atoms with Crippen molar-refractivity contribution in [3.8, 4) is 0 Å². The first-order valence-electron chi connectivity index (χ1n) is 5.41. The highest BCUT2D eigenvalue weighted by Gasteiger charge is 2.27. The lowest BCUT2D eigenvalue weighted by molar-refractivity contribution is -0.174. The lowest BCUT2D eigenvalue weighted by Gasteiger charge is -2.24. The van der Waals surface area contributed by atoms with Gasteiger partial charge in [-0.2, -0.15) is 13.2 Å². The summed E-state index contributed by atoms with van der Waals surface area (Å²) in [6.07, 6.45) is -2.00. The summed E-state index contributed by atoms with van der Waals surface area (Å²) in [5.74, 6) is 0. The molecule has 0 spiro atoms. The first-order valence-corrected chi connectivity index (χ1v) is 5.85. The fourth-order valence-corrected chi connectivity index (χ4v) is 1.30. The molecule has 0 aliphatic heterocycles. The molecule has 0 fully saturated rings. The molecule has 0 N–H and O–H groups in total. The van der Waals surface area contributed by atoms with Gasteiger partial charge in [-0.25, -0.2) is 0 Å². The van der Waals surface area contributed by atoms with Gasteiger partial charge in [0.05, 0.1) is 0 Å². The molecule has 0 aromatic rings. The molecule has 0 heterocycles. The third-order valence-electron chi connectivity index (χ3n) is 2.20. The van der Waals surface area contributed by atoms with E-state index >= 15 is 0 Å². The first kappa shape index (κ1) is 16.0. The summed E-state index contributed by atoms with van der Waals surface area (Å²) < 4.78 is 39.6. The van der Waals surface area contributed by atoms with Crippen molar-refractivity contribution < 1.29 is 17.9 Å². The highest BCUT2D eigenvalue weighted by molar-refractivity contribution is 6.21. The van der Waals surface area contributed by atoms with Gasteiger partial charge in [0, 0.05) is 12.0 Å². The Morgan fingerprint density at radius 2 is 1.69 bits per heavy atom. The molecule has 0 rings (SSSR count). The standard InChI is InChI=1S/C11H20ClF3O/c1-10(2,3)9(12)6-4-5-7-16-8-11(13,14)15/h9H,4-8H2,1-3H3. The Balaban J connectivity index is 3.41. The van der Waals surface area contributed by atoms with E-state index < -0.39 is 12.8 Å². The van der Waals surface area contributed by atoms with E-state index in [0.717, 1.165) is 12.8 Å². The minimum absolute atomic E-state index is 0.0361. The smallest absolute Gasteiger partial charge is 0.372 e. The largest absolute Gasteiger partial charge is 0.411 e. The van der Waals surface area contributed by atoms with E-state index in [4.69, 9.17) is 11.6 Å². The van der Waals surface area contributed by atoms with E-state index in [9.17, 15) is 13.2 Å². The quantitative estimate of drug-likeness (QED) is 0.508. The Labute approximate surface area is 100 Å². The molecule has 1 unspecified atom stereocenters. The molecule has 0 aromatic carbocycles. The van der Waals surface area contributed by atoms with Crippen molar-refractivity contribution >= 4 is 11.6 Å². The van der Waals surface area contributed by atoms with E-state index in [1.54, 1.807) is 0 Å². The average Bonchev–Trinajstić information content (AvgIpc) is 2.07. The van der Waals surface area contributed by atoms with Crippen LogP contribution in [0, 0.1) is 5.41 Å². The average molecular weight is 261 g/mol. The predicted octanol–water partition coefficient (Wildman–Crippen LogP) is 4.39. The molecule has 0 saturated carbocycles. The maximum absolute atomic E-state index is 11.7. The topological polar surface area (TPSA) is 9.23 Å². The van der Waals surface area contributed by atoms with Crippen LogP contribution in [-0.4, -0.2) is 24.8 Å². The molecule has 1 atom stereocenters. The third kappa shape index (κ3) is 9.28. The van der Waals surface area contributed by atoms with Crippen molar-refractivity contribution in [2.45, 2.75) is 51.6 Å². The third-order valence-corrected chi connectivity index (χ3v) is 3.07. The SMILES string of the molecule is CC(C)(C)C(Cl)CCCCOCC(F)(F)F. The van der Waals surface area contributed by atoms with Crippen molar-refractivity contribution in [2.75, 3.05) is 13.2 Å². The molecule has 16 heavy (non-hydrogen) atoms. The van der Waals surface area contributed by atoms with Gasteiger partial charge in [-0.3, -0.25) is 0 Å². The molecule has 1 nitrogen and oxygen atoms in total. The van der Waals surface area contributed by atoms with Gasteiger partial charge in [0.25, 0.3) is 0 Å². The number of ether oxygens (including phenoxy) is 1. The van der Waals surface area contributed by atoms with Crippen molar-refractivity contribution in [3.05, 3.63) is 0 Å². The molecule has 0 aromatic heterocycles. The summed E-state index contributed by atoms with van der Waals surface area (Å²) in [6, 6.07) is 0. The summed E-state index contributed by atoms with van der Waals surface area (Å²) in [7, 11) is 0. The lowest BCUT2D eigenvalue weighted by atomic mass is 9.89. The summed E-state index contributed by atoms with van der Waals surface area (Å²) >= 11 is 6.12. The molecule has 0 aliphatic carbocycles. The minimum Gasteiger partial charge on any atom is -0.372 e. The van der Waals surface area contributed by atoms with Crippen molar-refractivity contribution in [1.82, 2.24) is 0 Å². The Hall–Kier alpha value is 0.0400. The van der Waals surface area contributed by atoms with Gasteiger partial charge in [0.15, 0.2) is 0 Å². The molecular formula is C11H20ClF3O. The van der Waals surface area contributed by atoms with E-state index in [0.29, 0.717) is 6.42 Å². The number of halogens is 4. The number of rotatable bonds is 6. The molecular weight excluding hydrogens is 241 g/mol. The Morgan fingerprint density at radius 1 is 1.12 bits per heavy atom. The van der Waals surface area contributed by atoms with E-state index in [1.165, 1.54) is 0 Å². The van der Waals surface area contributed by atoms with E-state index in [1.807, 2.05) is 20.8 Å². The zero-order chi connectivity index (χ0) is 12.8. The van der Waals surface area contributed by atoms with Crippen LogP contribution in [0.5, 0.6) is 0 Å². The second-order valence-corrected chi connectivity index (χ2v) is 5.52. The van der Waals surface area contributed by atoms with Crippen LogP contribution in [0.3, 0.4) is 0 Å². The summed E-state index contributed by atoms with van der Waals surface area (Å²) in [5, 5.41) is 0.0510. The molecule has 0 saturated heterocycles. The van der Waals surface area contributed by atoms with Gasteiger partial charge in [0.1, 0.15) is 6.61 Å². The molecule has 0 bridgehead atoms. The van der Waals surface area contributed by atoms with E-state index in [2.05, 4.69) is 4.74 Å².